The van der Waals surface area contributed by atoms with Crippen LogP contribution in [0.5, 0.6) is 0 Å². The van der Waals surface area contributed by atoms with Gasteiger partial charge in [0.25, 0.3) is 0 Å². The zero-order chi connectivity index (χ0) is 19.7. The molecule has 1 aromatic heterocycles. The van der Waals surface area contributed by atoms with Gasteiger partial charge in [-0.15, -0.1) is 0 Å². The van der Waals surface area contributed by atoms with Crippen molar-refractivity contribution in [3.63, 3.8) is 0 Å². The standard InChI is InChI=1S/C20H22N6O2/c1-2-12-7-3-6-10-15(12)22-20-24-16(23-19(21)25-20)11-26-17(27)13-8-4-5-9-14(13)18(26)28/h3-7,10,13-14H,2,8-9,11H2,1H3,(H3,21,22,23,24,25). The molecule has 2 aromatic rings. The minimum absolute atomic E-state index is 0.00148. The molecule has 0 spiro atoms. The van der Waals surface area contributed by atoms with Gasteiger partial charge >= 0.3 is 0 Å². The number of amides is 2. The minimum atomic E-state index is -0.272. The number of carbonyl (C=O) groups excluding carboxylic acids is 2. The van der Waals surface area contributed by atoms with Crippen LogP contribution >= 0.6 is 0 Å². The number of nitrogens with one attached hydrogen (secondary N) is 1. The van der Waals surface area contributed by atoms with Crippen LogP contribution in [0.25, 0.3) is 0 Å². The third-order valence-electron chi connectivity index (χ3n) is 5.24. The molecule has 1 aliphatic carbocycles. The van der Waals surface area contributed by atoms with E-state index in [4.69, 9.17) is 5.73 Å². The van der Waals surface area contributed by atoms with Crippen LogP contribution in [-0.2, 0) is 22.6 Å². The van der Waals surface area contributed by atoms with Crippen LogP contribution in [0.3, 0.4) is 0 Å². The Labute approximate surface area is 162 Å². The number of nitrogens with two attached hydrogens (primary N) is 1. The number of fused-ring (bicyclic) bond motifs is 1. The number of anilines is 3. The van der Waals surface area contributed by atoms with E-state index in [1.807, 2.05) is 36.4 Å². The van der Waals surface area contributed by atoms with Gasteiger partial charge < -0.3 is 11.1 Å². The number of nitrogens with zero attached hydrogens (tertiary/aromatic N) is 4. The number of imide groups is 1. The Kier molecular flexibility index (Phi) is 4.77. The number of aromatic nitrogens is 3. The van der Waals surface area contributed by atoms with Gasteiger partial charge in [0.1, 0.15) is 0 Å². The van der Waals surface area contributed by atoms with Gasteiger partial charge in [-0.3, -0.25) is 14.5 Å². The molecule has 1 aliphatic heterocycles. The number of carbonyl (C=O) groups is 2. The normalized spacial score (nSPS) is 21.1. The Hall–Kier alpha value is -3.29. The van der Waals surface area contributed by atoms with E-state index in [9.17, 15) is 9.59 Å². The third kappa shape index (κ3) is 3.33. The van der Waals surface area contributed by atoms with Crippen molar-refractivity contribution in [3.8, 4) is 0 Å². The minimum Gasteiger partial charge on any atom is -0.368 e. The van der Waals surface area contributed by atoms with Crippen LogP contribution < -0.4 is 11.1 Å². The maximum atomic E-state index is 12.7. The van der Waals surface area contributed by atoms with E-state index in [1.165, 1.54) is 4.90 Å². The summed E-state index contributed by atoms with van der Waals surface area (Å²) >= 11 is 0. The van der Waals surface area contributed by atoms with Gasteiger partial charge in [0.05, 0.1) is 18.4 Å². The number of hydrogen-bond acceptors (Lipinski definition) is 7. The molecule has 4 rings (SSSR count). The van der Waals surface area contributed by atoms with Gasteiger partial charge in [-0.1, -0.05) is 37.3 Å². The zero-order valence-electron chi connectivity index (χ0n) is 15.6. The summed E-state index contributed by atoms with van der Waals surface area (Å²) in [6.07, 6.45) is 5.98. The highest BCUT2D eigenvalue weighted by atomic mass is 16.2. The number of rotatable bonds is 5. The number of benzene rings is 1. The van der Waals surface area contributed by atoms with Crippen LogP contribution in [0.15, 0.2) is 36.4 Å². The lowest BCUT2D eigenvalue weighted by Crippen LogP contribution is -2.31. The molecule has 2 heterocycles. The molecule has 2 atom stereocenters. The summed E-state index contributed by atoms with van der Waals surface area (Å²) in [6.45, 7) is 2.06. The fourth-order valence-corrected chi connectivity index (χ4v) is 3.80. The van der Waals surface area contributed by atoms with E-state index in [0.717, 1.165) is 17.7 Å². The summed E-state index contributed by atoms with van der Waals surface area (Å²) in [4.78, 5) is 39.2. The molecule has 1 saturated heterocycles. The molecule has 144 valence electrons. The lowest BCUT2D eigenvalue weighted by molar-refractivity contribution is -0.140. The molecule has 2 amide bonds. The van der Waals surface area contributed by atoms with Gasteiger partial charge in [-0.2, -0.15) is 15.0 Å². The molecule has 0 saturated carbocycles. The van der Waals surface area contributed by atoms with E-state index in [0.29, 0.717) is 18.8 Å². The van der Waals surface area contributed by atoms with Crippen LogP contribution in [0.1, 0.15) is 31.2 Å². The van der Waals surface area contributed by atoms with Crippen molar-refractivity contribution in [1.29, 1.82) is 0 Å². The smallest absolute Gasteiger partial charge is 0.233 e. The Morgan fingerprint density at radius 1 is 1.07 bits per heavy atom. The van der Waals surface area contributed by atoms with E-state index in [1.54, 1.807) is 0 Å². The highest BCUT2D eigenvalue weighted by Crippen LogP contribution is 2.35. The molecular weight excluding hydrogens is 356 g/mol. The van der Waals surface area contributed by atoms with Crippen molar-refractivity contribution in [2.45, 2.75) is 32.7 Å². The summed E-state index contributed by atoms with van der Waals surface area (Å²) in [5.74, 6) is -0.247. The lowest BCUT2D eigenvalue weighted by Gasteiger charge is -2.15. The summed E-state index contributed by atoms with van der Waals surface area (Å²) in [5.41, 5.74) is 7.84. The monoisotopic (exact) mass is 378 g/mol. The number of hydrogen-bond donors (Lipinski definition) is 2. The average molecular weight is 378 g/mol. The first-order valence-electron chi connectivity index (χ1n) is 9.42. The summed E-state index contributed by atoms with van der Waals surface area (Å²) in [7, 11) is 0. The molecule has 28 heavy (non-hydrogen) atoms. The van der Waals surface area contributed by atoms with E-state index >= 15 is 0 Å². The number of para-hydroxylation sites is 1. The van der Waals surface area contributed by atoms with Crippen molar-refractivity contribution in [3.05, 3.63) is 47.8 Å². The molecule has 1 fully saturated rings. The average Bonchev–Trinajstić information content (AvgIpc) is 2.93. The van der Waals surface area contributed by atoms with Gasteiger partial charge in [-0.25, -0.2) is 0 Å². The zero-order valence-corrected chi connectivity index (χ0v) is 15.6. The number of likely N-dealkylation sites (tertiary alicyclic amines) is 1. The van der Waals surface area contributed by atoms with Gasteiger partial charge in [0, 0.05) is 5.69 Å². The second kappa shape index (κ2) is 7.38. The van der Waals surface area contributed by atoms with Crippen molar-refractivity contribution < 1.29 is 9.59 Å². The van der Waals surface area contributed by atoms with Crippen molar-refractivity contribution in [1.82, 2.24) is 19.9 Å². The van der Waals surface area contributed by atoms with Crippen LogP contribution in [0.2, 0.25) is 0 Å². The molecule has 8 nitrogen and oxygen atoms in total. The molecule has 3 N–H and O–H groups in total. The van der Waals surface area contributed by atoms with Crippen LogP contribution in [-0.4, -0.2) is 31.7 Å². The fraction of sp³-hybridized carbons (Fsp3) is 0.350. The van der Waals surface area contributed by atoms with Crippen LogP contribution in [0, 0.1) is 11.8 Å². The van der Waals surface area contributed by atoms with E-state index < -0.39 is 0 Å². The Morgan fingerprint density at radius 3 is 2.43 bits per heavy atom. The van der Waals surface area contributed by atoms with Gasteiger partial charge in [0.2, 0.25) is 23.7 Å². The van der Waals surface area contributed by atoms with Gasteiger partial charge in [-0.05, 0) is 30.9 Å². The Bertz CT molecular complexity index is 931. The fourth-order valence-electron chi connectivity index (χ4n) is 3.80. The predicted octanol–water partition coefficient (Wildman–Crippen LogP) is 2.21. The summed E-state index contributed by atoms with van der Waals surface area (Å²) < 4.78 is 0. The first kappa shape index (κ1) is 18.1. The largest absolute Gasteiger partial charge is 0.368 e. The molecule has 2 aliphatic rings. The molecule has 8 heteroatoms. The SMILES string of the molecule is CCc1ccccc1Nc1nc(N)nc(CN2C(=O)C3CC=CCC3C2=O)n1. The highest BCUT2D eigenvalue weighted by Gasteiger charge is 2.47. The number of allylic oxidation sites excluding steroid dienone is 2. The first-order chi connectivity index (χ1) is 13.6. The molecular formula is C20H22N6O2. The molecule has 0 bridgehead atoms. The molecule has 0 radical (unpaired) electrons. The number of aryl methyl sites for hydroxylation is 1. The maximum Gasteiger partial charge on any atom is 0.233 e. The number of nitrogen functional groups attached to an aromatic ring is 1. The van der Waals surface area contributed by atoms with Crippen molar-refractivity contribution >= 4 is 29.4 Å². The summed E-state index contributed by atoms with van der Waals surface area (Å²) in [6, 6.07) is 7.84. The lowest BCUT2D eigenvalue weighted by atomic mass is 9.85. The maximum absolute atomic E-state index is 12.7. The first-order valence-corrected chi connectivity index (χ1v) is 9.42. The van der Waals surface area contributed by atoms with Gasteiger partial charge in [0.15, 0.2) is 5.82 Å². The van der Waals surface area contributed by atoms with Crippen molar-refractivity contribution in [2.24, 2.45) is 11.8 Å². The van der Waals surface area contributed by atoms with E-state index in [-0.39, 0.29) is 42.0 Å². The van der Waals surface area contributed by atoms with Crippen molar-refractivity contribution in [2.75, 3.05) is 11.1 Å². The third-order valence-corrected chi connectivity index (χ3v) is 5.24. The molecule has 1 aromatic carbocycles. The Balaban J connectivity index is 1.56. The summed E-state index contributed by atoms with van der Waals surface area (Å²) in [5, 5.41) is 3.16. The predicted molar refractivity (Wildman–Crippen MR) is 104 cm³/mol. The van der Waals surface area contributed by atoms with Crippen LogP contribution in [0.4, 0.5) is 17.6 Å². The second-order valence-corrected chi connectivity index (χ2v) is 6.99. The Morgan fingerprint density at radius 2 is 1.75 bits per heavy atom. The second-order valence-electron chi connectivity index (χ2n) is 6.99. The highest BCUT2D eigenvalue weighted by molar-refractivity contribution is 6.05. The molecule has 2 unspecified atom stereocenters. The quantitative estimate of drug-likeness (QED) is 0.605. The van der Waals surface area contributed by atoms with E-state index in [2.05, 4.69) is 27.2 Å². The topological polar surface area (TPSA) is 114 Å².